The van der Waals surface area contributed by atoms with Crippen LogP contribution < -0.4 is 4.72 Å². The van der Waals surface area contributed by atoms with Crippen LogP contribution in [0.25, 0.3) is 0 Å². The molecule has 1 aromatic carbocycles. The maximum atomic E-state index is 11.8. The van der Waals surface area contributed by atoms with Crippen molar-refractivity contribution in [1.29, 1.82) is 0 Å². The minimum Gasteiger partial charge on any atom is -0.382 e. The number of ether oxygens (including phenoxy) is 2. The molecule has 0 bridgehead atoms. The molecular weight excluding hydrogens is 302 g/mol. The molecule has 0 amide bonds. The molecule has 0 unspecified atom stereocenters. The quantitative estimate of drug-likeness (QED) is 0.530. The average Bonchev–Trinajstić information content (AvgIpc) is 2.41. The smallest absolute Gasteiger partial charge is 0.232 e. The predicted octanol–water partition coefficient (Wildman–Crippen LogP) is 2.22. The van der Waals surface area contributed by atoms with E-state index in [4.69, 9.17) is 21.1 Å². The third kappa shape index (κ3) is 7.09. The lowest BCUT2D eigenvalue weighted by Gasteiger charge is -2.09. The fourth-order valence-electron chi connectivity index (χ4n) is 1.53. The lowest BCUT2D eigenvalue weighted by molar-refractivity contribution is 0.0617. The van der Waals surface area contributed by atoms with Gasteiger partial charge in [0.1, 0.15) is 0 Å². The largest absolute Gasteiger partial charge is 0.382 e. The third-order valence-electron chi connectivity index (χ3n) is 2.45. The summed E-state index contributed by atoms with van der Waals surface area (Å²) in [6, 6.07) is 7.12. The second-order valence-corrected chi connectivity index (χ2v) is 6.43. The van der Waals surface area contributed by atoms with E-state index in [2.05, 4.69) is 4.72 Å². The van der Waals surface area contributed by atoms with Gasteiger partial charge in [0.15, 0.2) is 0 Å². The highest BCUT2D eigenvalue weighted by Gasteiger charge is 2.09. The summed E-state index contributed by atoms with van der Waals surface area (Å²) < 4.78 is 36.3. The molecule has 5 nitrogen and oxygen atoms in total. The van der Waals surface area contributed by atoms with Crippen LogP contribution in [-0.2, 0) is 26.1 Å². The number of nitrogens with one attached hydrogen (secondary N) is 1. The molecule has 0 saturated carbocycles. The van der Waals surface area contributed by atoms with E-state index < -0.39 is 10.0 Å². The van der Waals surface area contributed by atoms with E-state index in [-0.39, 0.29) is 5.75 Å². The zero-order chi connectivity index (χ0) is 14.8. The number of halogens is 1. The van der Waals surface area contributed by atoms with Gasteiger partial charge >= 0.3 is 0 Å². The van der Waals surface area contributed by atoms with Crippen molar-refractivity contribution in [2.75, 3.05) is 36.7 Å². The molecule has 0 spiro atoms. The van der Waals surface area contributed by atoms with E-state index in [9.17, 15) is 8.42 Å². The van der Waals surface area contributed by atoms with Crippen LogP contribution in [0.4, 0.5) is 5.69 Å². The molecule has 0 aliphatic rings. The Morgan fingerprint density at radius 1 is 1.30 bits per heavy atom. The number of rotatable bonds is 10. The Balaban J connectivity index is 2.55. The first-order chi connectivity index (χ1) is 9.57. The average molecular weight is 322 g/mol. The van der Waals surface area contributed by atoms with Gasteiger partial charge in [-0.15, -0.1) is 11.6 Å². The van der Waals surface area contributed by atoms with E-state index in [0.717, 1.165) is 5.56 Å². The van der Waals surface area contributed by atoms with Crippen molar-refractivity contribution in [1.82, 2.24) is 0 Å². The molecule has 0 radical (unpaired) electrons. The number of anilines is 1. The van der Waals surface area contributed by atoms with Gasteiger partial charge in [0.2, 0.25) is 10.0 Å². The van der Waals surface area contributed by atoms with Gasteiger partial charge in [0, 0.05) is 18.7 Å². The number of sulfonamides is 1. The number of methoxy groups -OCH3 is 1. The molecule has 7 heteroatoms. The first-order valence-electron chi connectivity index (χ1n) is 6.29. The second-order valence-electron chi connectivity index (χ2n) is 4.21. The molecule has 1 rings (SSSR count). The van der Waals surface area contributed by atoms with Crippen molar-refractivity contribution in [2.45, 2.75) is 13.0 Å². The third-order valence-corrected chi connectivity index (χ3v) is 4.09. The van der Waals surface area contributed by atoms with Gasteiger partial charge < -0.3 is 9.47 Å². The second kappa shape index (κ2) is 9.18. The minimum atomic E-state index is -3.34. The Hall–Kier alpha value is -0.820. The van der Waals surface area contributed by atoms with Gasteiger partial charge in [-0.1, -0.05) is 12.1 Å². The molecule has 0 aliphatic carbocycles. The summed E-state index contributed by atoms with van der Waals surface area (Å²) in [6.45, 7) is 1.45. The summed E-state index contributed by atoms with van der Waals surface area (Å²) in [5.41, 5.74) is 1.44. The van der Waals surface area contributed by atoms with E-state index in [1.807, 2.05) is 6.07 Å². The topological polar surface area (TPSA) is 64.6 Å². The Labute approximate surface area is 125 Å². The molecule has 0 saturated heterocycles. The molecule has 0 fully saturated rings. The molecule has 0 heterocycles. The Morgan fingerprint density at radius 2 is 2.10 bits per heavy atom. The number of hydrogen-bond donors (Lipinski definition) is 1. The molecule has 1 N–H and O–H groups in total. The van der Waals surface area contributed by atoms with Crippen LogP contribution in [0, 0.1) is 0 Å². The summed E-state index contributed by atoms with van der Waals surface area (Å²) in [6.07, 6.45) is 0.427. The van der Waals surface area contributed by atoms with E-state index >= 15 is 0 Å². The van der Waals surface area contributed by atoms with Gasteiger partial charge in [0.05, 0.1) is 25.6 Å². The fraction of sp³-hybridized carbons (Fsp3) is 0.538. The minimum absolute atomic E-state index is 0.0189. The number of hydrogen-bond acceptors (Lipinski definition) is 4. The molecule has 0 aromatic heterocycles. The van der Waals surface area contributed by atoms with Crippen molar-refractivity contribution in [3.63, 3.8) is 0 Å². The van der Waals surface area contributed by atoms with Crippen LogP contribution in [0.15, 0.2) is 24.3 Å². The zero-order valence-corrected chi connectivity index (χ0v) is 13.0. The zero-order valence-electron chi connectivity index (χ0n) is 11.5. The van der Waals surface area contributed by atoms with E-state index in [0.29, 0.717) is 37.8 Å². The Kier molecular flexibility index (Phi) is 7.91. The molecular formula is C13H20ClNO4S. The van der Waals surface area contributed by atoms with Crippen LogP contribution >= 0.6 is 11.6 Å². The molecule has 0 aliphatic heterocycles. The Morgan fingerprint density at radius 3 is 2.80 bits per heavy atom. The van der Waals surface area contributed by atoms with Crippen LogP contribution in [0.2, 0.25) is 0 Å². The van der Waals surface area contributed by atoms with Crippen LogP contribution in [-0.4, -0.2) is 40.4 Å². The molecule has 114 valence electrons. The molecule has 20 heavy (non-hydrogen) atoms. The van der Waals surface area contributed by atoms with Gasteiger partial charge in [-0.3, -0.25) is 4.72 Å². The highest BCUT2D eigenvalue weighted by molar-refractivity contribution is 7.92. The SMILES string of the molecule is COCCOCc1cccc(NS(=O)(=O)CCCCl)c1. The maximum Gasteiger partial charge on any atom is 0.232 e. The fourth-order valence-corrected chi connectivity index (χ4v) is 2.94. The van der Waals surface area contributed by atoms with Crippen LogP contribution in [0.3, 0.4) is 0 Å². The monoisotopic (exact) mass is 321 g/mol. The standard InChI is InChI=1S/C13H20ClNO4S/c1-18-7-8-19-11-12-4-2-5-13(10-12)15-20(16,17)9-3-6-14/h2,4-5,10,15H,3,6-9,11H2,1H3. The van der Waals surface area contributed by atoms with Gasteiger partial charge in [-0.25, -0.2) is 8.42 Å². The maximum absolute atomic E-state index is 11.8. The lowest BCUT2D eigenvalue weighted by Crippen LogP contribution is -2.17. The predicted molar refractivity (Wildman–Crippen MR) is 80.7 cm³/mol. The van der Waals surface area contributed by atoms with Crippen molar-refractivity contribution in [3.8, 4) is 0 Å². The summed E-state index contributed by atoms with van der Waals surface area (Å²) in [5, 5.41) is 0. The first-order valence-corrected chi connectivity index (χ1v) is 8.48. The normalized spacial score (nSPS) is 11.5. The van der Waals surface area contributed by atoms with Crippen molar-refractivity contribution < 1.29 is 17.9 Å². The summed E-state index contributed by atoms with van der Waals surface area (Å²) in [7, 11) is -1.73. The van der Waals surface area contributed by atoms with E-state index in [1.54, 1.807) is 25.3 Å². The highest BCUT2D eigenvalue weighted by atomic mass is 35.5. The number of alkyl halides is 1. The summed E-state index contributed by atoms with van der Waals surface area (Å²) in [4.78, 5) is 0. The summed E-state index contributed by atoms with van der Waals surface area (Å²) >= 11 is 5.50. The number of benzene rings is 1. The first kappa shape index (κ1) is 17.2. The van der Waals surface area contributed by atoms with Crippen molar-refractivity contribution in [2.24, 2.45) is 0 Å². The summed E-state index contributed by atoms with van der Waals surface area (Å²) in [5.74, 6) is 0.347. The molecule has 1 aromatic rings. The van der Waals surface area contributed by atoms with Crippen molar-refractivity contribution in [3.05, 3.63) is 29.8 Å². The molecule has 0 atom stereocenters. The van der Waals surface area contributed by atoms with Crippen LogP contribution in [0.1, 0.15) is 12.0 Å². The van der Waals surface area contributed by atoms with Gasteiger partial charge in [0.25, 0.3) is 0 Å². The lowest BCUT2D eigenvalue weighted by atomic mass is 10.2. The van der Waals surface area contributed by atoms with Gasteiger partial charge in [-0.05, 0) is 24.1 Å². The Bertz CT molecular complexity index is 493. The van der Waals surface area contributed by atoms with Gasteiger partial charge in [-0.2, -0.15) is 0 Å². The van der Waals surface area contributed by atoms with Crippen LogP contribution in [0.5, 0.6) is 0 Å². The van der Waals surface area contributed by atoms with E-state index in [1.165, 1.54) is 0 Å². The highest BCUT2D eigenvalue weighted by Crippen LogP contribution is 2.13. The van der Waals surface area contributed by atoms with Crippen molar-refractivity contribution >= 4 is 27.3 Å².